The summed E-state index contributed by atoms with van der Waals surface area (Å²) in [6.07, 6.45) is 1.96. The van der Waals surface area contributed by atoms with Gasteiger partial charge in [-0.2, -0.15) is 5.10 Å². The largest absolute Gasteiger partial charge is 0.481 e. The number of ether oxygens (including phenoxy) is 1. The van der Waals surface area contributed by atoms with Gasteiger partial charge in [-0.1, -0.05) is 48.5 Å². The molecule has 2 aromatic carbocycles. The SMILES string of the molecule is Cn1ncc(C(=O)N2CCC[C@H]2CC(=O)O)c1NC(=O)OCC1c2ccccc2-c2ccccc21. The third kappa shape index (κ3) is 4.25. The Kier molecular flexibility index (Phi) is 5.98. The van der Waals surface area contributed by atoms with Gasteiger partial charge in [0.1, 0.15) is 18.0 Å². The van der Waals surface area contributed by atoms with E-state index in [-0.39, 0.29) is 42.3 Å². The van der Waals surface area contributed by atoms with Crippen molar-refractivity contribution in [2.45, 2.75) is 31.2 Å². The number of nitrogens with zero attached hydrogens (tertiary/aromatic N) is 3. The lowest BCUT2D eigenvalue weighted by Gasteiger charge is -2.23. The zero-order valence-corrected chi connectivity index (χ0v) is 19.3. The number of amides is 2. The van der Waals surface area contributed by atoms with Gasteiger partial charge < -0.3 is 14.7 Å². The van der Waals surface area contributed by atoms with E-state index in [2.05, 4.69) is 22.5 Å². The number of aromatic nitrogens is 2. The number of likely N-dealkylation sites (tertiary alicyclic amines) is 1. The highest BCUT2D eigenvalue weighted by atomic mass is 16.5. The van der Waals surface area contributed by atoms with E-state index in [9.17, 15) is 14.4 Å². The summed E-state index contributed by atoms with van der Waals surface area (Å²) in [7, 11) is 1.62. The van der Waals surface area contributed by atoms with Crippen LogP contribution >= 0.6 is 0 Å². The van der Waals surface area contributed by atoms with Crippen molar-refractivity contribution in [3.05, 3.63) is 71.4 Å². The highest BCUT2D eigenvalue weighted by Gasteiger charge is 2.34. The molecule has 0 saturated carbocycles. The van der Waals surface area contributed by atoms with Gasteiger partial charge >= 0.3 is 12.1 Å². The highest BCUT2D eigenvalue weighted by molar-refractivity contribution is 6.02. The average molecular weight is 475 g/mol. The van der Waals surface area contributed by atoms with E-state index in [0.29, 0.717) is 13.0 Å². The van der Waals surface area contributed by atoms with E-state index < -0.39 is 12.1 Å². The molecule has 3 aromatic rings. The van der Waals surface area contributed by atoms with Crippen LogP contribution in [0.25, 0.3) is 11.1 Å². The summed E-state index contributed by atoms with van der Waals surface area (Å²) in [6, 6.07) is 15.8. The van der Waals surface area contributed by atoms with Crippen LogP contribution in [0, 0.1) is 0 Å². The number of nitrogens with one attached hydrogen (secondary N) is 1. The number of carbonyl (C=O) groups excluding carboxylic acids is 2. The monoisotopic (exact) mass is 474 g/mol. The number of rotatable bonds is 6. The molecule has 2 heterocycles. The molecule has 2 N–H and O–H groups in total. The van der Waals surface area contributed by atoms with Crippen LogP contribution in [0.15, 0.2) is 54.7 Å². The van der Waals surface area contributed by atoms with Gasteiger partial charge in [0.15, 0.2) is 0 Å². The summed E-state index contributed by atoms with van der Waals surface area (Å²) in [4.78, 5) is 38.7. The summed E-state index contributed by atoms with van der Waals surface area (Å²) in [5, 5.41) is 16.0. The number of aryl methyl sites for hydroxylation is 1. The van der Waals surface area contributed by atoms with Crippen molar-refractivity contribution in [3.8, 4) is 11.1 Å². The molecule has 2 amide bonds. The van der Waals surface area contributed by atoms with Crippen LogP contribution in [-0.4, -0.2) is 57.0 Å². The molecule has 9 nitrogen and oxygen atoms in total. The molecule has 35 heavy (non-hydrogen) atoms. The van der Waals surface area contributed by atoms with E-state index >= 15 is 0 Å². The van der Waals surface area contributed by atoms with Gasteiger partial charge in [-0.05, 0) is 35.1 Å². The van der Waals surface area contributed by atoms with Crippen molar-refractivity contribution in [2.24, 2.45) is 7.05 Å². The standard InChI is InChI=1S/C26H26N4O5/c1-29-24(21(14-27-29)25(33)30-12-6-7-16(30)13-23(31)32)28-26(34)35-15-22-19-10-4-2-8-17(19)18-9-3-5-11-20(18)22/h2-5,8-11,14,16,22H,6-7,12-13,15H2,1H3,(H,28,34)(H,31,32)/t16-/m0/s1. The molecule has 1 aromatic heterocycles. The van der Waals surface area contributed by atoms with Crippen LogP contribution in [0.1, 0.15) is 46.7 Å². The molecule has 9 heteroatoms. The Morgan fingerprint density at radius 2 is 1.74 bits per heavy atom. The number of carboxylic acid groups (broad SMARTS) is 1. The highest BCUT2D eigenvalue weighted by Crippen LogP contribution is 2.44. The first-order valence-corrected chi connectivity index (χ1v) is 11.6. The molecule has 1 atom stereocenters. The maximum absolute atomic E-state index is 13.2. The van der Waals surface area contributed by atoms with Crippen LogP contribution in [-0.2, 0) is 16.6 Å². The Bertz CT molecular complexity index is 1250. The smallest absolute Gasteiger partial charge is 0.412 e. The number of aliphatic carboxylic acids is 1. The minimum absolute atomic E-state index is 0.0813. The molecule has 1 fully saturated rings. The number of fused-ring (bicyclic) bond motifs is 3. The van der Waals surface area contributed by atoms with Crippen LogP contribution in [0.3, 0.4) is 0 Å². The molecule has 1 aliphatic carbocycles. The number of hydrogen-bond acceptors (Lipinski definition) is 5. The lowest BCUT2D eigenvalue weighted by Crippen LogP contribution is -2.37. The second kappa shape index (κ2) is 9.25. The molecule has 1 aliphatic heterocycles. The van der Waals surface area contributed by atoms with E-state index in [0.717, 1.165) is 28.7 Å². The first-order valence-electron chi connectivity index (χ1n) is 11.6. The van der Waals surface area contributed by atoms with Crippen LogP contribution in [0.5, 0.6) is 0 Å². The Morgan fingerprint density at radius 1 is 1.09 bits per heavy atom. The molecule has 1 saturated heterocycles. The fourth-order valence-electron chi connectivity index (χ4n) is 5.15. The van der Waals surface area contributed by atoms with Crippen LogP contribution in [0.2, 0.25) is 0 Å². The maximum Gasteiger partial charge on any atom is 0.412 e. The molecule has 0 radical (unpaired) electrons. The normalized spacial score (nSPS) is 16.6. The van der Waals surface area contributed by atoms with Gasteiger partial charge in [0.2, 0.25) is 0 Å². The van der Waals surface area contributed by atoms with Gasteiger partial charge in [0.25, 0.3) is 5.91 Å². The maximum atomic E-state index is 13.2. The van der Waals surface area contributed by atoms with Crippen LogP contribution in [0.4, 0.5) is 10.6 Å². The molecule has 5 rings (SSSR count). The topological polar surface area (TPSA) is 114 Å². The third-order valence-corrected chi connectivity index (χ3v) is 6.78. The van der Waals surface area contributed by atoms with Crippen molar-refractivity contribution in [1.29, 1.82) is 0 Å². The second-order valence-electron chi connectivity index (χ2n) is 8.87. The van der Waals surface area contributed by atoms with Crippen molar-refractivity contribution >= 4 is 23.8 Å². The Hall–Kier alpha value is -4.14. The van der Waals surface area contributed by atoms with Gasteiger partial charge in [0.05, 0.1) is 12.6 Å². The molecule has 0 spiro atoms. The summed E-state index contributed by atoms with van der Waals surface area (Å²) >= 11 is 0. The number of carbonyl (C=O) groups is 3. The fraction of sp³-hybridized carbons (Fsp3) is 0.308. The zero-order valence-electron chi connectivity index (χ0n) is 19.3. The fourth-order valence-corrected chi connectivity index (χ4v) is 5.15. The zero-order chi connectivity index (χ0) is 24.5. The minimum atomic E-state index is -0.946. The first kappa shape index (κ1) is 22.6. The van der Waals surface area contributed by atoms with Crippen LogP contribution < -0.4 is 5.32 Å². The summed E-state index contributed by atoms with van der Waals surface area (Å²) in [5.41, 5.74) is 4.70. The van der Waals surface area contributed by atoms with Crippen molar-refractivity contribution in [1.82, 2.24) is 14.7 Å². The number of hydrogen-bond donors (Lipinski definition) is 2. The summed E-state index contributed by atoms with van der Waals surface area (Å²) < 4.78 is 7.01. The van der Waals surface area contributed by atoms with E-state index in [1.807, 2.05) is 36.4 Å². The first-order chi connectivity index (χ1) is 16.9. The lowest BCUT2D eigenvalue weighted by atomic mass is 9.98. The number of carboxylic acids is 1. The lowest BCUT2D eigenvalue weighted by molar-refractivity contribution is -0.137. The van der Waals surface area contributed by atoms with Gasteiger partial charge in [-0.3, -0.25) is 19.6 Å². The van der Waals surface area contributed by atoms with Crippen molar-refractivity contribution in [3.63, 3.8) is 0 Å². The van der Waals surface area contributed by atoms with E-state index in [1.54, 1.807) is 11.9 Å². The predicted molar refractivity (Wildman–Crippen MR) is 128 cm³/mol. The quantitative estimate of drug-likeness (QED) is 0.561. The molecule has 2 aliphatic rings. The minimum Gasteiger partial charge on any atom is -0.481 e. The Labute approximate surface area is 202 Å². The van der Waals surface area contributed by atoms with Crippen molar-refractivity contribution < 1.29 is 24.2 Å². The average Bonchev–Trinajstić information content (AvgIpc) is 3.54. The predicted octanol–water partition coefficient (Wildman–Crippen LogP) is 3.86. The number of benzene rings is 2. The molecular weight excluding hydrogens is 448 g/mol. The molecular formula is C26H26N4O5. The Morgan fingerprint density at radius 3 is 2.40 bits per heavy atom. The Balaban J connectivity index is 1.29. The molecule has 180 valence electrons. The summed E-state index contributed by atoms with van der Waals surface area (Å²) in [5.74, 6) is -1.16. The second-order valence-corrected chi connectivity index (χ2v) is 8.87. The van der Waals surface area contributed by atoms with E-state index in [4.69, 9.17) is 9.84 Å². The van der Waals surface area contributed by atoms with E-state index in [1.165, 1.54) is 10.9 Å². The van der Waals surface area contributed by atoms with Gasteiger partial charge in [0, 0.05) is 25.6 Å². The summed E-state index contributed by atoms with van der Waals surface area (Å²) in [6.45, 7) is 0.615. The van der Waals surface area contributed by atoms with Gasteiger partial charge in [-0.25, -0.2) is 4.79 Å². The molecule has 0 unspecified atom stereocenters. The number of anilines is 1. The molecule has 0 bridgehead atoms. The third-order valence-electron chi connectivity index (χ3n) is 6.78. The van der Waals surface area contributed by atoms with Gasteiger partial charge in [-0.15, -0.1) is 0 Å². The van der Waals surface area contributed by atoms with Crippen molar-refractivity contribution in [2.75, 3.05) is 18.5 Å².